The number of amides is 2. The lowest BCUT2D eigenvalue weighted by atomic mass is 10.0. The van der Waals surface area contributed by atoms with E-state index in [1.807, 2.05) is 4.90 Å². The molecule has 0 aromatic rings. The fourth-order valence-electron chi connectivity index (χ4n) is 2.40. The maximum Gasteiger partial charge on any atom is 0.317 e. The Morgan fingerprint density at radius 2 is 1.76 bits per heavy atom. The fraction of sp³-hybridized carbons (Fsp3) is 0.929. The van der Waals surface area contributed by atoms with Gasteiger partial charge in [0.15, 0.2) is 0 Å². The van der Waals surface area contributed by atoms with E-state index >= 15 is 0 Å². The predicted octanol–water partition coefficient (Wildman–Crippen LogP) is 3.40. The third-order valence-corrected chi connectivity index (χ3v) is 3.72. The molecule has 0 spiro atoms. The summed E-state index contributed by atoms with van der Waals surface area (Å²) < 4.78 is 0. The molecule has 1 aliphatic rings. The van der Waals surface area contributed by atoms with Crippen LogP contribution in [-0.4, -0.2) is 30.1 Å². The van der Waals surface area contributed by atoms with Gasteiger partial charge in [0, 0.05) is 19.1 Å². The number of urea groups is 1. The van der Waals surface area contributed by atoms with Crippen LogP contribution in [0.4, 0.5) is 4.79 Å². The van der Waals surface area contributed by atoms with Crippen LogP contribution in [-0.2, 0) is 0 Å². The SMILES string of the molecule is CCC(C)CC(C)NC(=O)N1CCCCCC1. The molecule has 1 aliphatic heterocycles. The third-order valence-electron chi connectivity index (χ3n) is 3.72. The first-order valence-corrected chi connectivity index (χ1v) is 7.19. The van der Waals surface area contributed by atoms with Crippen LogP contribution in [0, 0.1) is 5.92 Å². The highest BCUT2D eigenvalue weighted by molar-refractivity contribution is 5.74. The van der Waals surface area contributed by atoms with E-state index in [1.165, 1.54) is 19.3 Å². The van der Waals surface area contributed by atoms with Gasteiger partial charge in [0.05, 0.1) is 0 Å². The molecule has 0 aromatic heterocycles. The van der Waals surface area contributed by atoms with Crippen LogP contribution in [0.15, 0.2) is 0 Å². The average molecular weight is 240 g/mol. The molecular weight excluding hydrogens is 212 g/mol. The maximum atomic E-state index is 12.0. The summed E-state index contributed by atoms with van der Waals surface area (Å²) in [4.78, 5) is 14.0. The van der Waals surface area contributed by atoms with Gasteiger partial charge in [-0.1, -0.05) is 33.1 Å². The summed E-state index contributed by atoms with van der Waals surface area (Å²) in [5, 5.41) is 3.13. The molecule has 2 unspecified atom stereocenters. The van der Waals surface area contributed by atoms with Gasteiger partial charge in [-0.15, -0.1) is 0 Å². The summed E-state index contributed by atoms with van der Waals surface area (Å²) in [6, 6.07) is 0.434. The molecule has 0 aromatic carbocycles. The lowest BCUT2D eigenvalue weighted by molar-refractivity contribution is 0.194. The second kappa shape index (κ2) is 7.57. The minimum atomic E-state index is 0.141. The van der Waals surface area contributed by atoms with Crippen molar-refractivity contribution in [3.8, 4) is 0 Å². The molecule has 100 valence electrons. The van der Waals surface area contributed by atoms with E-state index < -0.39 is 0 Å². The van der Waals surface area contributed by atoms with Crippen LogP contribution in [0.3, 0.4) is 0 Å². The van der Waals surface area contributed by atoms with E-state index in [4.69, 9.17) is 0 Å². The largest absolute Gasteiger partial charge is 0.336 e. The van der Waals surface area contributed by atoms with Gasteiger partial charge in [0.1, 0.15) is 0 Å². The number of hydrogen-bond donors (Lipinski definition) is 1. The zero-order valence-electron chi connectivity index (χ0n) is 11.7. The predicted molar refractivity (Wildman–Crippen MR) is 72.1 cm³/mol. The highest BCUT2D eigenvalue weighted by Gasteiger charge is 2.17. The number of carbonyl (C=O) groups is 1. The summed E-state index contributed by atoms with van der Waals surface area (Å²) in [7, 11) is 0. The quantitative estimate of drug-likeness (QED) is 0.802. The van der Waals surface area contributed by atoms with Crippen molar-refractivity contribution >= 4 is 6.03 Å². The van der Waals surface area contributed by atoms with Gasteiger partial charge in [-0.2, -0.15) is 0 Å². The van der Waals surface area contributed by atoms with E-state index in [0.717, 1.165) is 32.4 Å². The molecular formula is C14H28N2O. The van der Waals surface area contributed by atoms with Crippen molar-refractivity contribution < 1.29 is 4.79 Å². The van der Waals surface area contributed by atoms with Crippen molar-refractivity contribution in [2.45, 2.75) is 65.3 Å². The average Bonchev–Trinajstić information content (AvgIpc) is 2.57. The molecule has 1 saturated heterocycles. The van der Waals surface area contributed by atoms with Crippen molar-refractivity contribution in [3.63, 3.8) is 0 Å². The number of nitrogens with zero attached hydrogens (tertiary/aromatic N) is 1. The second-order valence-corrected chi connectivity index (χ2v) is 5.50. The van der Waals surface area contributed by atoms with Gasteiger partial charge >= 0.3 is 6.03 Å². The van der Waals surface area contributed by atoms with Crippen molar-refractivity contribution in [3.05, 3.63) is 0 Å². The fourth-order valence-corrected chi connectivity index (χ4v) is 2.40. The van der Waals surface area contributed by atoms with Crippen LogP contribution in [0.2, 0.25) is 0 Å². The summed E-state index contributed by atoms with van der Waals surface area (Å²) >= 11 is 0. The van der Waals surface area contributed by atoms with Gasteiger partial charge in [-0.25, -0.2) is 4.79 Å². The van der Waals surface area contributed by atoms with E-state index in [1.54, 1.807) is 0 Å². The Hall–Kier alpha value is -0.730. The number of rotatable bonds is 4. The van der Waals surface area contributed by atoms with E-state index in [9.17, 15) is 4.79 Å². The standard InChI is InChI=1S/C14H28N2O/c1-4-12(2)11-13(3)15-14(17)16-9-7-5-6-8-10-16/h12-13H,4-11H2,1-3H3,(H,15,17). The molecule has 1 rings (SSSR count). The first-order valence-electron chi connectivity index (χ1n) is 7.19. The molecule has 0 bridgehead atoms. The number of nitrogens with one attached hydrogen (secondary N) is 1. The molecule has 17 heavy (non-hydrogen) atoms. The monoisotopic (exact) mass is 240 g/mol. The molecule has 0 radical (unpaired) electrons. The van der Waals surface area contributed by atoms with Gasteiger partial charge in [0.2, 0.25) is 0 Å². The number of carbonyl (C=O) groups excluding carboxylic acids is 1. The van der Waals surface area contributed by atoms with Gasteiger partial charge in [-0.05, 0) is 32.1 Å². The first kappa shape index (κ1) is 14.3. The van der Waals surface area contributed by atoms with Crippen molar-refractivity contribution in [1.82, 2.24) is 10.2 Å². The molecule has 2 atom stereocenters. The Balaban J connectivity index is 2.31. The smallest absolute Gasteiger partial charge is 0.317 e. The molecule has 3 nitrogen and oxygen atoms in total. The second-order valence-electron chi connectivity index (χ2n) is 5.50. The molecule has 0 aliphatic carbocycles. The topological polar surface area (TPSA) is 32.3 Å². The zero-order chi connectivity index (χ0) is 12.7. The summed E-state index contributed by atoms with van der Waals surface area (Å²) in [5.74, 6) is 0.689. The van der Waals surface area contributed by atoms with Crippen LogP contribution >= 0.6 is 0 Å². The molecule has 3 heteroatoms. The minimum Gasteiger partial charge on any atom is -0.336 e. The third kappa shape index (κ3) is 5.42. The molecule has 0 saturated carbocycles. The summed E-state index contributed by atoms with van der Waals surface area (Å²) in [5.41, 5.74) is 0. The Morgan fingerprint density at radius 3 is 2.29 bits per heavy atom. The van der Waals surface area contributed by atoms with Crippen molar-refractivity contribution in [2.75, 3.05) is 13.1 Å². The zero-order valence-corrected chi connectivity index (χ0v) is 11.7. The molecule has 1 heterocycles. The Morgan fingerprint density at radius 1 is 1.18 bits per heavy atom. The lowest BCUT2D eigenvalue weighted by Gasteiger charge is -2.24. The normalized spacial score (nSPS) is 20.5. The van der Waals surface area contributed by atoms with Crippen molar-refractivity contribution in [1.29, 1.82) is 0 Å². The van der Waals surface area contributed by atoms with Crippen LogP contribution in [0.5, 0.6) is 0 Å². The number of hydrogen-bond acceptors (Lipinski definition) is 1. The highest BCUT2D eigenvalue weighted by Crippen LogP contribution is 2.12. The Kier molecular flexibility index (Phi) is 6.38. The van der Waals surface area contributed by atoms with Crippen molar-refractivity contribution in [2.24, 2.45) is 5.92 Å². The van der Waals surface area contributed by atoms with Gasteiger partial charge in [0.25, 0.3) is 0 Å². The maximum absolute atomic E-state index is 12.0. The van der Waals surface area contributed by atoms with Gasteiger partial charge in [-0.3, -0.25) is 0 Å². The summed E-state index contributed by atoms with van der Waals surface area (Å²) in [6.45, 7) is 8.42. The van der Waals surface area contributed by atoms with Crippen LogP contribution in [0.1, 0.15) is 59.3 Å². The molecule has 1 fully saturated rings. The van der Waals surface area contributed by atoms with Crippen LogP contribution < -0.4 is 5.32 Å². The van der Waals surface area contributed by atoms with E-state index in [0.29, 0.717) is 12.0 Å². The Labute approximate surface area is 106 Å². The molecule has 1 N–H and O–H groups in total. The lowest BCUT2D eigenvalue weighted by Crippen LogP contribution is -2.44. The summed E-state index contributed by atoms with van der Waals surface area (Å²) in [6.07, 6.45) is 7.12. The molecule has 2 amide bonds. The first-order chi connectivity index (χ1) is 8.13. The minimum absolute atomic E-state index is 0.141. The van der Waals surface area contributed by atoms with E-state index in [2.05, 4.69) is 26.1 Å². The van der Waals surface area contributed by atoms with Gasteiger partial charge < -0.3 is 10.2 Å². The Bertz CT molecular complexity index is 222. The highest BCUT2D eigenvalue weighted by atomic mass is 16.2. The van der Waals surface area contributed by atoms with Crippen LogP contribution in [0.25, 0.3) is 0 Å². The van der Waals surface area contributed by atoms with E-state index in [-0.39, 0.29) is 6.03 Å². The number of likely N-dealkylation sites (tertiary alicyclic amines) is 1.